The monoisotopic (exact) mass is 395 g/mol. The van der Waals surface area contributed by atoms with Crippen LogP contribution in [0.1, 0.15) is 31.4 Å². The van der Waals surface area contributed by atoms with Crippen LogP contribution in [-0.2, 0) is 12.8 Å². The molecule has 0 bridgehead atoms. The molecule has 0 aliphatic carbocycles. The van der Waals surface area contributed by atoms with Crippen LogP contribution < -0.4 is 4.74 Å². The minimum absolute atomic E-state index is 0.172. The van der Waals surface area contributed by atoms with Gasteiger partial charge in [0.1, 0.15) is 11.3 Å². The first-order valence-electron chi connectivity index (χ1n) is 9.83. The lowest BCUT2D eigenvalue weighted by atomic mass is 9.65. The first-order valence-corrected chi connectivity index (χ1v) is 9.83. The van der Waals surface area contributed by atoms with E-state index in [0.717, 1.165) is 29.7 Å². The summed E-state index contributed by atoms with van der Waals surface area (Å²) >= 11 is 0. The topological polar surface area (TPSA) is 82.3 Å². The Bertz CT molecular complexity index is 905. The van der Waals surface area contributed by atoms with Gasteiger partial charge >= 0.3 is 0 Å². The van der Waals surface area contributed by atoms with Gasteiger partial charge in [0.05, 0.1) is 13.2 Å². The molecule has 2 unspecified atom stereocenters. The van der Waals surface area contributed by atoms with Gasteiger partial charge in [0, 0.05) is 12.6 Å². The number of aliphatic imine (C=N–C) groups is 1. The van der Waals surface area contributed by atoms with E-state index in [2.05, 4.69) is 19.9 Å². The van der Waals surface area contributed by atoms with Gasteiger partial charge in [-0.05, 0) is 53.7 Å². The number of nitrogens with zero attached hydrogens (tertiary/aromatic N) is 1. The van der Waals surface area contributed by atoms with Crippen LogP contribution in [0.4, 0.5) is 0 Å². The number of phenolic OH excluding ortho intramolecular Hbond substituents is 2. The number of aromatic hydroxyl groups is 2. The van der Waals surface area contributed by atoms with Gasteiger partial charge in [-0.3, -0.25) is 4.99 Å². The molecule has 3 N–H and O–H groups in total. The highest BCUT2D eigenvalue weighted by atomic mass is 16.5. The Kier molecular flexibility index (Phi) is 5.99. The van der Waals surface area contributed by atoms with Crippen molar-refractivity contribution in [2.24, 2.45) is 10.4 Å². The lowest BCUT2D eigenvalue weighted by molar-refractivity contribution is 0.0364. The number of aliphatic hydroxyl groups is 1. The van der Waals surface area contributed by atoms with Crippen molar-refractivity contribution in [1.29, 1.82) is 0 Å². The molecule has 0 amide bonds. The maximum atomic E-state index is 11.2. The predicted molar refractivity (Wildman–Crippen MR) is 115 cm³/mol. The lowest BCUT2D eigenvalue weighted by Crippen LogP contribution is -2.51. The molecule has 1 aliphatic heterocycles. The molecule has 0 aromatic heterocycles. The molecule has 2 aromatic rings. The summed E-state index contributed by atoms with van der Waals surface area (Å²) in [4.78, 5) is 4.70. The number of hydrogen-bond donors (Lipinski definition) is 3. The van der Waals surface area contributed by atoms with Gasteiger partial charge in [-0.2, -0.15) is 0 Å². The van der Waals surface area contributed by atoms with Crippen LogP contribution in [0.3, 0.4) is 0 Å². The van der Waals surface area contributed by atoms with Crippen molar-refractivity contribution in [3.8, 4) is 17.2 Å². The number of phenols is 2. The molecule has 3 rings (SSSR count). The SMILES string of the molecule is COc1ccccc1CCC(C)(C)C1(C(O)Cc2ccc(O)c(O)c2)C=CC=N1. The molecule has 2 atom stereocenters. The fraction of sp³-hybridized carbons (Fsp3) is 0.375. The first-order chi connectivity index (χ1) is 13.8. The first kappa shape index (κ1) is 20.9. The van der Waals surface area contributed by atoms with Crippen molar-refractivity contribution in [2.75, 3.05) is 7.11 Å². The summed E-state index contributed by atoms with van der Waals surface area (Å²) < 4.78 is 5.47. The molecule has 29 heavy (non-hydrogen) atoms. The quantitative estimate of drug-likeness (QED) is 0.589. The van der Waals surface area contributed by atoms with E-state index in [1.165, 1.54) is 12.1 Å². The zero-order valence-electron chi connectivity index (χ0n) is 17.2. The number of benzene rings is 2. The molecule has 0 saturated heterocycles. The molecule has 2 aromatic carbocycles. The van der Waals surface area contributed by atoms with Crippen molar-refractivity contribution in [3.05, 3.63) is 65.7 Å². The van der Waals surface area contributed by atoms with Gasteiger partial charge in [0.25, 0.3) is 0 Å². The summed E-state index contributed by atoms with van der Waals surface area (Å²) in [5.74, 6) is 0.501. The summed E-state index contributed by atoms with van der Waals surface area (Å²) in [7, 11) is 1.67. The largest absolute Gasteiger partial charge is 0.504 e. The van der Waals surface area contributed by atoms with Crippen LogP contribution in [0, 0.1) is 5.41 Å². The minimum Gasteiger partial charge on any atom is -0.504 e. The minimum atomic E-state index is -0.783. The number of methoxy groups -OCH3 is 1. The molecule has 5 heteroatoms. The average molecular weight is 395 g/mol. The summed E-state index contributed by atoms with van der Waals surface area (Å²) in [5.41, 5.74) is 0.753. The van der Waals surface area contributed by atoms with E-state index >= 15 is 0 Å². The van der Waals surface area contributed by atoms with E-state index < -0.39 is 11.6 Å². The van der Waals surface area contributed by atoms with Crippen LogP contribution in [0.2, 0.25) is 0 Å². The van der Waals surface area contributed by atoms with Gasteiger partial charge < -0.3 is 20.1 Å². The van der Waals surface area contributed by atoms with E-state index in [0.29, 0.717) is 6.42 Å². The fourth-order valence-electron chi connectivity index (χ4n) is 4.08. The maximum Gasteiger partial charge on any atom is 0.157 e. The van der Waals surface area contributed by atoms with E-state index in [-0.39, 0.29) is 16.9 Å². The summed E-state index contributed by atoms with van der Waals surface area (Å²) in [6.07, 6.45) is 6.72. The molecular weight excluding hydrogens is 366 g/mol. The number of aliphatic hydroxyl groups excluding tert-OH is 1. The summed E-state index contributed by atoms with van der Waals surface area (Å²) in [6.45, 7) is 4.24. The molecule has 1 heterocycles. The number of allylic oxidation sites excluding steroid dienone is 1. The number of hydrogen-bond acceptors (Lipinski definition) is 5. The van der Waals surface area contributed by atoms with Crippen LogP contribution in [-0.4, -0.2) is 40.3 Å². The number of ether oxygens (including phenoxy) is 1. The smallest absolute Gasteiger partial charge is 0.157 e. The lowest BCUT2D eigenvalue weighted by Gasteiger charge is -2.44. The number of aryl methyl sites for hydroxylation is 1. The summed E-state index contributed by atoms with van der Waals surface area (Å²) in [6, 6.07) is 12.6. The van der Waals surface area contributed by atoms with Crippen molar-refractivity contribution in [2.45, 2.75) is 44.8 Å². The van der Waals surface area contributed by atoms with Crippen LogP contribution in [0.5, 0.6) is 17.2 Å². The summed E-state index contributed by atoms with van der Waals surface area (Å²) in [5, 5.41) is 30.5. The average Bonchev–Trinajstić information content (AvgIpc) is 3.21. The molecule has 0 radical (unpaired) electrons. The zero-order valence-corrected chi connectivity index (χ0v) is 17.2. The maximum absolute atomic E-state index is 11.2. The third-order valence-corrected chi connectivity index (χ3v) is 6.00. The van der Waals surface area contributed by atoms with Crippen molar-refractivity contribution < 1.29 is 20.1 Å². The van der Waals surface area contributed by atoms with Crippen LogP contribution >= 0.6 is 0 Å². The molecule has 5 nitrogen and oxygen atoms in total. The van der Waals surface area contributed by atoms with Gasteiger partial charge in [0.2, 0.25) is 0 Å². The van der Waals surface area contributed by atoms with E-state index in [1.807, 2.05) is 30.4 Å². The second-order valence-corrected chi connectivity index (χ2v) is 8.20. The third-order valence-electron chi connectivity index (χ3n) is 6.00. The van der Waals surface area contributed by atoms with Gasteiger partial charge in [0.15, 0.2) is 11.5 Å². The van der Waals surface area contributed by atoms with Gasteiger partial charge in [-0.1, -0.05) is 44.2 Å². The Labute approximate surface area is 172 Å². The second-order valence-electron chi connectivity index (χ2n) is 8.20. The third kappa shape index (κ3) is 4.15. The fourth-order valence-corrected chi connectivity index (χ4v) is 4.08. The molecule has 1 aliphatic rings. The number of rotatable bonds is 8. The highest BCUT2D eigenvalue weighted by Gasteiger charge is 2.49. The standard InChI is InChI=1S/C24H29NO4/c1-23(2,13-11-18-7-4-5-8-21(18)29-3)24(12-6-14-25-24)22(28)16-17-9-10-19(26)20(27)15-17/h4-10,12,14-15,22,26-28H,11,13,16H2,1-3H3. The van der Waals surface area contributed by atoms with Crippen molar-refractivity contribution in [1.82, 2.24) is 0 Å². The van der Waals surface area contributed by atoms with Gasteiger partial charge in [-0.25, -0.2) is 0 Å². The Morgan fingerprint density at radius 2 is 1.86 bits per heavy atom. The Morgan fingerprint density at radius 3 is 2.52 bits per heavy atom. The normalized spacial score (nSPS) is 19.4. The van der Waals surface area contributed by atoms with Crippen LogP contribution in [0.25, 0.3) is 0 Å². The van der Waals surface area contributed by atoms with Crippen LogP contribution in [0.15, 0.2) is 59.6 Å². The van der Waals surface area contributed by atoms with Crippen molar-refractivity contribution in [3.63, 3.8) is 0 Å². The zero-order chi connectivity index (χ0) is 21.1. The molecular formula is C24H29NO4. The highest BCUT2D eigenvalue weighted by molar-refractivity contribution is 5.75. The van der Waals surface area contributed by atoms with E-state index in [4.69, 9.17) is 9.73 Å². The van der Waals surface area contributed by atoms with E-state index in [9.17, 15) is 15.3 Å². The molecule has 0 saturated carbocycles. The Balaban J connectivity index is 1.81. The predicted octanol–water partition coefficient (Wildman–Crippen LogP) is 4.05. The second kappa shape index (κ2) is 8.29. The molecule has 0 fully saturated rings. The highest BCUT2D eigenvalue weighted by Crippen LogP contribution is 2.45. The van der Waals surface area contributed by atoms with Crippen molar-refractivity contribution >= 4 is 6.21 Å². The van der Waals surface area contributed by atoms with Gasteiger partial charge in [-0.15, -0.1) is 0 Å². The molecule has 0 spiro atoms. The Morgan fingerprint density at radius 1 is 1.10 bits per heavy atom. The van der Waals surface area contributed by atoms with E-state index in [1.54, 1.807) is 19.4 Å². The Hall–Kier alpha value is -2.79. The molecule has 154 valence electrons. The number of para-hydroxylation sites is 1.